The number of hydrogen-bond acceptors (Lipinski definition) is 3. The van der Waals surface area contributed by atoms with Crippen molar-refractivity contribution in [2.45, 2.75) is 31.2 Å². The van der Waals surface area contributed by atoms with Gasteiger partial charge >= 0.3 is 0 Å². The van der Waals surface area contributed by atoms with Crippen LogP contribution in [0.2, 0.25) is 10.0 Å². The summed E-state index contributed by atoms with van der Waals surface area (Å²) in [5.74, 6) is -0.159. The molecule has 8 heteroatoms. The van der Waals surface area contributed by atoms with Crippen molar-refractivity contribution >= 4 is 41.5 Å². The van der Waals surface area contributed by atoms with Gasteiger partial charge in [0.2, 0.25) is 0 Å². The van der Waals surface area contributed by atoms with Gasteiger partial charge in [-0.05, 0) is 31.0 Å². The molecular formula is C16H19Cl3N4O. The van der Waals surface area contributed by atoms with Crippen LogP contribution in [0.5, 0.6) is 0 Å². The Morgan fingerprint density at radius 3 is 2.67 bits per heavy atom. The van der Waals surface area contributed by atoms with Gasteiger partial charge in [-0.3, -0.25) is 4.79 Å². The fourth-order valence-corrected chi connectivity index (χ4v) is 3.48. The van der Waals surface area contributed by atoms with Gasteiger partial charge in [0.15, 0.2) is 0 Å². The Labute approximate surface area is 156 Å². The molecule has 1 amide bonds. The number of nitrogens with zero attached hydrogens (tertiary/aromatic N) is 2. The number of nitrogens with one attached hydrogen (secondary N) is 1. The average molecular weight is 390 g/mol. The zero-order chi connectivity index (χ0) is 16.4. The minimum Gasteiger partial charge on any atom is -0.345 e. The molecule has 24 heavy (non-hydrogen) atoms. The van der Waals surface area contributed by atoms with Gasteiger partial charge in [-0.25, -0.2) is 4.68 Å². The van der Waals surface area contributed by atoms with E-state index in [2.05, 4.69) is 10.4 Å². The standard InChI is InChI=1S/C16H18Cl2N4O.ClH/c17-12-3-4-14(13(18)7-12)22-9-11(8-20-22)15(23)21-16(10-19)5-1-2-6-16;/h3-4,7-9H,1-2,5-6,10,19H2,(H,21,23);1H. The smallest absolute Gasteiger partial charge is 0.254 e. The summed E-state index contributed by atoms with van der Waals surface area (Å²) in [5, 5.41) is 8.32. The van der Waals surface area contributed by atoms with Gasteiger partial charge in [0.05, 0.1) is 28.0 Å². The Morgan fingerprint density at radius 2 is 2.04 bits per heavy atom. The van der Waals surface area contributed by atoms with Crippen LogP contribution in [-0.4, -0.2) is 27.8 Å². The van der Waals surface area contributed by atoms with Crippen LogP contribution >= 0.6 is 35.6 Å². The first-order chi connectivity index (χ1) is 11.0. The number of carbonyl (C=O) groups is 1. The SMILES string of the molecule is Cl.NCC1(NC(=O)c2cnn(-c3ccc(Cl)cc3Cl)c2)CCCC1. The molecule has 0 bridgehead atoms. The van der Waals surface area contributed by atoms with Crippen molar-refractivity contribution in [1.82, 2.24) is 15.1 Å². The minimum atomic E-state index is -0.281. The quantitative estimate of drug-likeness (QED) is 0.839. The first kappa shape index (κ1) is 19.1. The Bertz CT molecular complexity index is 726. The van der Waals surface area contributed by atoms with E-state index >= 15 is 0 Å². The molecule has 3 rings (SSSR count). The van der Waals surface area contributed by atoms with Crippen molar-refractivity contribution in [2.75, 3.05) is 6.54 Å². The number of carbonyl (C=O) groups excluding carboxylic acids is 1. The second kappa shape index (κ2) is 7.74. The van der Waals surface area contributed by atoms with Gasteiger partial charge in [0.25, 0.3) is 5.91 Å². The highest BCUT2D eigenvalue weighted by atomic mass is 35.5. The lowest BCUT2D eigenvalue weighted by Gasteiger charge is -2.28. The number of aromatic nitrogens is 2. The van der Waals surface area contributed by atoms with E-state index in [-0.39, 0.29) is 23.9 Å². The molecule has 0 unspecified atom stereocenters. The summed E-state index contributed by atoms with van der Waals surface area (Å²) in [4.78, 5) is 12.5. The monoisotopic (exact) mass is 388 g/mol. The van der Waals surface area contributed by atoms with Crippen LogP contribution in [0.1, 0.15) is 36.0 Å². The summed E-state index contributed by atoms with van der Waals surface area (Å²) in [6, 6.07) is 5.13. The lowest BCUT2D eigenvalue weighted by atomic mass is 9.97. The Balaban J connectivity index is 0.00000208. The second-order valence-corrected chi connectivity index (χ2v) is 6.76. The predicted molar refractivity (Wildman–Crippen MR) is 98.6 cm³/mol. The molecule has 0 atom stereocenters. The van der Waals surface area contributed by atoms with Crippen LogP contribution in [0.15, 0.2) is 30.6 Å². The average Bonchev–Trinajstić information content (AvgIpc) is 3.17. The van der Waals surface area contributed by atoms with Crippen LogP contribution in [0.25, 0.3) is 5.69 Å². The third kappa shape index (κ3) is 3.86. The molecular weight excluding hydrogens is 371 g/mol. The lowest BCUT2D eigenvalue weighted by Crippen LogP contribution is -2.51. The zero-order valence-corrected chi connectivity index (χ0v) is 15.3. The van der Waals surface area contributed by atoms with Crippen molar-refractivity contribution in [3.8, 4) is 5.69 Å². The number of amides is 1. The normalized spacial score (nSPS) is 15.8. The van der Waals surface area contributed by atoms with Crippen molar-refractivity contribution in [1.29, 1.82) is 0 Å². The van der Waals surface area contributed by atoms with Gasteiger partial charge < -0.3 is 11.1 Å². The lowest BCUT2D eigenvalue weighted by molar-refractivity contribution is 0.0903. The van der Waals surface area contributed by atoms with E-state index in [9.17, 15) is 4.79 Å². The van der Waals surface area contributed by atoms with Gasteiger partial charge in [-0.15, -0.1) is 12.4 Å². The van der Waals surface area contributed by atoms with E-state index < -0.39 is 0 Å². The van der Waals surface area contributed by atoms with Crippen molar-refractivity contribution in [3.05, 3.63) is 46.2 Å². The topological polar surface area (TPSA) is 72.9 Å². The van der Waals surface area contributed by atoms with E-state index in [1.165, 1.54) is 6.20 Å². The van der Waals surface area contributed by atoms with E-state index in [4.69, 9.17) is 28.9 Å². The van der Waals surface area contributed by atoms with E-state index in [1.54, 1.807) is 29.1 Å². The number of nitrogens with two attached hydrogens (primary N) is 1. The molecule has 1 saturated carbocycles. The zero-order valence-electron chi connectivity index (χ0n) is 13.0. The Kier molecular flexibility index (Phi) is 6.15. The highest BCUT2D eigenvalue weighted by Gasteiger charge is 2.34. The van der Waals surface area contributed by atoms with E-state index in [1.807, 2.05) is 0 Å². The fourth-order valence-electron chi connectivity index (χ4n) is 2.98. The molecule has 2 aromatic rings. The molecule has 5 nitrogen and oxygen atoms in total. The van der Waals surface area contributed by atoms with E-state index in [0.29, 0.717) is 27.8 Å². The largest absolute Gasteiger partial charge is 0.345 e. The summed E-state index contributed by atoms with van der Waals surface area (Å²) in [7, 11) is 0. The summed E-state index contributed by atoms with van der Waals surface area (Å²) in [6.07, 6.45) is 7.22. The summed E-state index contributed by atoms with van der Waals surface area (Å²) in [5.41, 5.74) is 6.73. The molecule has 1 aliphatic rings. The number of rotatable bonds is 4. The van der Waals surface area contributed by atoms with Gasteiger partial charge in [-0.1, -0.05) is 36.0 Å². The third-order valence-electron chi connectivity index (χ3n) is 4.33. The first-order valence-electron chi connectivity index (χ1n) is 7.56. The second-order valence-electron chi connectivity index (χ2n) is 5.91. The van der Waals surface area contributed by atoms with Crippen molar-refractivity contribution in [2.24, 2.45) is 5.73 Å². The van der Waals surface area contributed by atoms with Crippen molar-refractivity contribution < 1.29 is 4.79 Å². The van der Waals surface area contributed by atoms with Crippen molar-refractivity contribution in [3.63, 3.8) is 0 Å². The van der Waals surface area contributed by atoms with Crippen LogP contribution in [-0.2, 0) is 0 Å². The van der Waals surface area contributed by atoms with Crippen LogP contribution < -0.4 is 11.1 Å². The molecule has 1 aromatic carbocycles. The molecule has 3 N–H and O–H groups in total. The maximum Gasteiger partial charge on any atom is 0.254 e. The minimum absolute atomic E-state index is 0. The van der Waals surface area contributed by atoms with E-state index in [0.717, 1.165) is 25.7 Å². The highest BCUT2D eigenvalue weighted by Crippen LogP contribution is 2.29. The van der Waals surface area contributed by atoms with Gasteiger partial charge in [0.1, 0.15) is 0 Å². The number of benzene rings is 1. The maximum absolute atomic E-state index is 12.5. The number of halogens is 3. The third-order valence-corrected chi connectivity index (χ3v) is 4.87. The maximum atomic E-state index is 12.5. The first-order valence-corrected chi connectivity index (χ1v) is 8.31. The molecule has 0 radical (unpaired) electrons. The predicted octanol–water partition coefficient (Wildman–Crippen LogP) is 3.60. The van der Waals surface area contributed by atoms with Crippen LogP contribution in [0.3, 0.4) is 0 Å². The summed E-state index contributed by atoms with van der Waals surface area (Å²) in [6.45, 7) is 0.454. The molecule has 1 heterocycles. The molecule has 0 spiro atoms. The molecule has 0 aliphatic heterocycles. The van der Waals surface area contributed by atoms with Crippen LogP contribution in [0, 0.1) is 0 Å². The molecule has 1 fully saturated rings. The Morgan fingerprint density at radius 1 is 1.33 bits per heavy atom. The molecule has 1 aromatic heterocycles. The fraction of sp³-hybridized carbons (Fsp3) is 0.375. The molecule has 1 aliphatic carbocycles. The summed E-state index contributed by atoms with van der Waals surface area (Å²) >= 11 is 12.1. The highest BCUT2D eigenvalue weighted by molar-refractivity contribution is 6.35. The van der Waals surface area contributed by atoms with Gasteiger partial charge in [0, 0.05) is 17.8 Å². The summed E-state index contributed by atoms with van der Waals surface area (Å²) < 4.78 is 1.57. The van der Waals surface area contributed by atoms with Gasteiger partial charge in [-0.2, -0.15) is 5.10 Å². The molecule has 0 saturated heterocycles. The van der Waals surface area contributed by atoms with Crippen LogP contribution in [0.4, 0.5) is 0 Å². The Hall–Kier alpha value is -1.27. The number of hydrogen-bond donors (Lipinski definition) is 2. The molecule has 130 valence electrons.